The topological polar surface area (TPSA) is 47.0 Å². The molecule has 0 radical (unpaired) electrons. The van der Waals surface area contributed by atoms with Crippen molar-refractivity contribution in [2.45, 2.75) is 13.5 Å². The molecule has 0 aromatic carbocycles. The van der Waals surface area contributed by atoms with Crippen molar-refractivity contribution < 1.29 is 4.74 Å². The molecule has 6 heteroatoms. The number of hydrogen-bond donors (Lipinski definition) is 1. The van der Waals surface area contributed by atoms with E-state index in [9.17, 15) is 0 Å². The molecule has 2 heterocycles. The number of anilines is 1. The van der Waals surface area contributed by atoms with Gasteiger partial charge < -0.3 is 10.1 Å². The Kier molecular flexibility index (Phi) is 4.33. The molecule has 0 unspecified atom stereocenters. The predicted molar refractivity (Wildman–Crippen MR) is 72.5 cm³/mol. The van der Waals surface area contributed by atoms with E-state index in [1.165, 1.54) is 11.2 Å². The maximum atomic E-state index is 5.31. The van der Waals surface area contributed by atoms with Crippen LogP contribution < -0.4 is 10.1 Å². The molecule has 0 saturated carbocycles. The van der Waals surface area contributed by atoms with Crippen molar-refractivity contribution in [1.82, 2.24) is 9.97 Å². The Morgan fingerprint density at radius 3 is 3.00 bits per heavy atom. The summed E-state index contributed by atoms with van der Waals surface area (Å²) in [6, 6.07) is 5.91. The van der Waals surface area contributed by atoms with Crippen LogP contribution in [0.25, 0.3) is 0 Å². The first-order valence-electron chi connectivity index (χ1n) is 5.21. The molecule has 0 amide bonds. The van der Waals surface area contributed by atoms with Crippen molar-refractivity contribution in [3.05, 3.63) is 33.2 Å². The molecule has 2 aromatic heterocycles. The highest BCUT2D eigenvalue weighted by molar-refractivity contribution is 9.11. The smallest absolute Gasteiger partial charge is 0.218 e. The third-order valence-corrected chi connectivity index (χ3v) is 3.63. The Labute approximate surface area is 112 Å². The van der Waals surface area contributed by atoms with E-state index >= 15 is 0 Å². The molecular formula is C11H12BrN3OS. The van der Waals surface area contributed by atoms with Crippen molar-refractivity contribution in [2.75, 3.05) is 11.9 Å². The lowest BCUT2D eigenvalue weighted by Gasteiger charge is -2.05. The maximum absolute atomic E-state index is 5.31. The molecule has 0 aliphatic carbocycles. The minimum absolute atomic E-state index is 0.595. The SMILES string of the molecule is CCOc1cc(NCc2ccc(Br)s2)ncn1. The molecule has 0 aliphatic rings. The van der Waals surface area contributed by atoms with Crippen molar-refractivity contribution in [3.8, 4) is 5.88 Å². The molecule has 2 rings (SSSR count). The number of ether oxygens (including phenoxy) is 1. The Morgan fingerprint density at radius 1 is 1.41 bits per heavy atom. The largest absolute Gasteiger partial charge is 0.478 e. The van der Waals surface area contributed by atoms with Gasteiger partial charge in [-0.1, -0.05) is 0 Å². The minimum atomic E-state index is 0.595. The van der Waals surface area contributed by atoms with Gasteiger partial charge in [0.05, 0.1) is 16.9 Å². The van der Waals surface area contributed by atoms with Crippen molar-refractivity contribution >= 4 is 33.1 Å². The van der Waals surface area contributed by atoms with E-state index in [0.717, 1.165) is 16.1 Å². The van der Waals surface area contributed by atoms with Gasteiger partial charge in [0.25, 0.3) is 0 Å². The Hall–Kier alpha value is -1.14. The van der Waals surface area contributed by atoms with E-state index in [0.29, 0.717) is 12.5 Å². The summed E-state index contributed by atoms with van der Waals surface area (Å²) in [5.41, 5.74) is 0. The summed E-state index contributed by atoms with van der Waals surface area (Å²) in [4.78, 5) is 9.39. The van der Waals surface area contributed by atoms with Crippen LogP contribution >= 0.6 is 27.3 Å². The zero-order valence-electron chi connectivity index (χ0n) is 9.31. The zero-order chi connectivity index (χ0) is 12.1. The number of halogens is 1. The van der Waals surface area contributed by atoms with Crippen LogP contribution in [-0.4, -0.2) is 16.6 Å². The van der Waals surface area contributed by atoms with Crippen LogP contribution in [0, 0.1) is 0 Å². The number of nitrogens with one attached hydrogen (secondary N) is 1. The Bertz CT molecular complexity index is 489. The molecule has 0 saturated heterocycles. The van der Waals surface area contributed by atoms with Gasteiger partial charge in [-0.05, 0) is 35.0 Å². The Balaban J connectivity index is 1.96. The highest BCUT2D eigenvalue weighted by atomic mass is 79.9. The van der Waals surface area contributed by atoms with Gasteiger partial charge in [0.15, 0.2) is 0 Å². The van der Waals surface area contributed by atoms with Crippen molar-refractivity contribution in [1.29, 1.82) is 0 Å². The van der Waals surface area contributed by atoms with Gasteiger partial charge in [-0.2, -0.15) is 0 Å². The highest BCUT2D eigenvalue weighted by Crippen LogP contribution is 2.22. The predicted octanol–water partition coefficient (Wildman–Crippen LogP) is 3.31. The molecule has 0 bridgehead atoms. The second-order valence-corrected chi connectivity index (χ2v) is 5.78. The van der Waals surface area contributed by atoms with Crippen LogP contribution in [0.5, 0.6) is 5.88 Å². The summed E-state index contributed by atoms with van der Waals surface area (Å²) in [7, 11) is 0. The summed E-state index contributed by atoms with van der Waals surface area (Å²) in [5, 5.41) is 3.23. The molecule has 0 atom stereocenters. The molecule has 4 nitrogen and oxygen atoms in total. The van der Waals surface area contributed by atoms with E-state index in [-0.39, 0.29) is 0 Å². The van der Waals surface area contributed by atoms with E-state index in [1.807, 2.05) is 13.0 Å². The number of hydrogen-bond acceptors (Lipinski definition) is 5. The normalized spacial score (nSPS) is 10.2. The first-order valence-corrected chi connectivity index (χ1v) is 6.82. The fraction of sp³-hybridized carbons (Fsp3) is 0.273. The summed E-state index contributed by atoms with van der Waals surface area (Å²) in [5.74, 6) is 1.37. The lowest BCUT2D eigenvalue weighted by molar-refractivity contribution is 0.326. The average Bonchev–Trinajstić information content (AvgIpc) is 2.74. The lowest BCUT2D eigenvalue weighted by Crippen LogP contribution is -2.01. The van der Waals surface area contributed by atoms with Crippen LogP contribution in [0.15, 0.2) is 28.3 Å². The van der Waals surface area contributed by atoms with Crippen LogP contribution in [0.4, 0.5) is 5.82 Å². The molecule has 2 aromatic rings. The third-order valence-electron chi connectivity index (χ3n) is 2.01. The number of aromatic nitrogens is 2. The van der Waals surface area contributed by atoms with E-state index in [1.54, 1.807) is 17.4 Å². The van der Waals surface area contributed by atoms with E-state index < -0.39 is 0 Å². The molecule has 17 heavy (non-hydrogen) atoms. The van der Waals surface area contributed by atoms with E-state index in [2.05, 4.69) is 37.3 Å². The molecule has 0 spiro atoms. The summed E-state index contributed by atoms with van der Waals surface area (Å²) >= 11 is 5.14. The highest BCUT2D eigenvalue weighted by Gasteiger charge is 2.01. The fourth-order valence-corrected chi connectivity index (χ4v) is 2.71. The van der Waals surface area contributed by atoms with Crippen molar-refractivity contribution in [2.24, 2.45) is 0 Å². The van der Waals surface area contributed by atoms with Gasteiger partial charge in [-0.15, -0.1) is 11.3 Å². The van der Waals surface area contributed by atoms with Gasteiger partial charge in [-0.3, -0.25) is 0 Å². The lowest BCUT2D eigenvalue weighted by atomic mass is 10.4. The quantitative estimate of drug-likeness (QED) is 0.920. The Morgan fingerprint density at radius 2 is 2.29 bits per heavy atom. The minimum Gasteiger partial charge on any atom is -0.478 e. The number of rotatable bonds is 5. The molecule has 0 fully saturated rings. The van der Waals surface area contributed by atoms with Gasteiger partial charge in [0, 0.05) is 10.9 Å². The van der Waals surface area contributed by atoms with Crippen LogP contribution in [0.1, 0.15) is 11.8 Å². The number of nitrogens with zero attached hydrogens (tertiary/aromatic N) is 2. The van der Waals surface area contributed by atoms with Crippen LogP contribution in [0.3, 0.4) is 0 Å². The number of thiophene rings is 1. The molecule has 1 N–H and O–H groups in total. The monoisotopic (exact) mass is 313 g/mol. The van der Waals surface area contributed by atoms with Gasteiger partial charge in [-0.25, -0.2) is 9.97 Å². The zero-order valence-corrected chi connectivity index (χ0v) is 11.7. The van der Waals surface area contributed by atoms with Crippen LogP contribution in [-0.2, 0) is 6.54 Å². The first-order chi connectivity index (χ1) is 8.28. The van der Waals surface area contributed by atoms with Gasteiger partial charge >= 0.3 is 0 Å². The van der Waals surface area contributed by atoms with Gasteiger partial charge in [0.2, 0.25) is 5.88 Å². The van der Waals surface area contributed by atoms with Crippen LogP contribution in [0.2, 0.25) is 0 Å². The summed E-state index contributed by atoms with van der Waals surface area (Å²) < 4.78 is 6.44. The summed E-state index contributed by atoms with van der Waals surface area (Å²) in [6.45, 7) is 3.28. The standard InChI is InChI=1S/C11H12BrN3OS/c1-2-16-11-5-10(14-7-15-11)13-6-8-3-4-9(12)17-8/h3-5,7H,2,6H2,1H3,(H,13,14,15). The molecule has 0 aliphatic heterocycles. The second kappa shape index (κ2) is 5.97. The van der Waals surface area contributed by atoms with Crippen molar-refractivity contribution in [3.63, 3.8) is 0 Å². The van der Waals surface area contributed by atoms with Gasteiger partial charge in [0.1, 0.15) is 12.1 Å². The molecule has 90 valence electrons. The first kappa shape index (κ1) is 12.3. The third kappa shape index (κ3) is 3.67. The fourth-order valence-electron chi connectivity index (χ4n) is 1.29. The maximum Gasteiger partial charge on any atom is 0.218 e. The summed E-state index contributed by atoms with van der Waals surface area (Å²) in [6.07, 6.45) is 1.50. The average molecular weight is 314 g/mol. The second-order valence-electron chi connectivity index (χ2n) is 3.23. The van der Waals surface area contributed by atoms with E-state index in [4.69, 9.17) is 4.74 Å². The molecular weight excluding hydrogens is 302 g/mol.